The van der Waals surface area contributed by atoms with Crippen molar-refractivity contribution in [2.45, 2.75) is 13.0 Å². The highest BCUT2D eigenvalue weighted by Gasteiger charge is 2.36. The molecule has 1 atom stereocenters. The third-order valence-electron chi connectivity index (χ3n) is 4.85. The first kappa shape index (κ1) is 18.7. The van der Waals surface area contributed by atoms with Crippen LogP contribution in [0.5, 0.6) is 5.75 Å². The fourth-order valence-corrected chi connectivity index (χ4v) is 3.43. The standard InChI is InChI=1S/C21H18N2O6/c1-13(24)23-12-18(29-17-9-5-4-8-16(17)23)21(27)28-11-10-22-19(25)14-6-2-3-7-15(14)20(22)26/h2-9,18H,10-12H2,1H3/t18-/m0/s1. The van der Waals surface area contributed by atoms with Crippen LogP contribution in [0.4, 0.5) is 5.69 Å². The molecule has 0 unspecified atom stereocenters. The minimum absolute atomic E-state index is 0.0260. The van der Waals surface area contributed by atoms with E-state index >= 15 is 0 Å². The quantitative estimate of drug-likeness (QED) is 0.578. The van der Waals surface area contributed by atoms with Crippen LogP contribution < -0.4 is 9.64 Å². The molecule has 4 rings (SSSR count). The predicted molar refractivity (Wildman–Crippen MR) is 102 cm³/mol. The van der Waals surface area contributed by atoms with Gasteiger partial charge in [0.25, 0.3) is 11.8 Å². The second-order valence-electron chi connectivity index (χ2n) is 6.68. The SMILES string of the molecule is CC(=O)N1C[C@@H](C(=O)OCCN2C(=O)c3ccccc3C2=O)Oc2ccccc21. The minimum atomic E-state index is -0.990. The first-order valence-corrected chi connectivity index (χ1v) is 9.13. The number of para-hydroxylation sites is 2. The van der Waals surface area contributed by atoms with Crippen molar-refractivity contribution in [3.63, 3.8) is 0 Å². The van der Waals surface area contributed by atoms with E-state index in [1.54, 1.807) is 48.5 Å². The summed E-state index contributed by atoms with van der Waals surface area (Å²) in [6, 6.07) is 13.5. The van der Waals surface area contributed by atoms with E-state index in [4.69, 9.17) is 9.47 Å². The smallest absolute Gasteiger partial charge is 0.349 e. The third-order valence-corrected chi connectivity index (χ3v) is 4.85. The van der Waals surface area contributed by atoms with Gasteiger partial charge in [-0.1, -0.05) is 24.3 Å². The molecule has 2 heterocycles. The Balaban J connectivity index is 1.38. The number of carbonyl (C=O) groups excluding carboxylic acids is 4. The summed E-state index contributed by atoms with van der Waals surface area (Å²) in [4.78, 5) is 51.6. The van der Waals surface area contributed by atoms with Gasteiger partial charge in [-0.15, -0.1) is 0 Å². The summed E-state index contributed by atoms with van der Waals surface area (Å²) in [5, 5.41) is 0. The van der Waals surface area contributed by atoms with E-state index in [1.807, 2.05) is 0 Å². The molecular formula is C21H18N2O6. The van der Waals surface area contributed by atoms with Crippen LogP contribution in [-0.4, -0.2) is 54.4 Å². The van der Waals surface area contributed by atoms with Crippen molar-refractivity contribution in [2.75, 3.05) is 24.6 Å². The Hall–Kier alpha value is -3.68. The summed E-state index contributed by atoms with van der Waals surface area (Å²) >= 11 is 0. The molecule has 0 N–H and O–H groups in total. The van der Waals surface area contributed by atoms with Crippen molar-refractivity contribution in [3.05, 3.63) is 59.7 Å². The molecule has 2 aliphatic heterocycles. The van der Waals surface area contributed by atoms with Crippen LogP contribution in [0.1, 0.15) is 27.6 Å². The number of hydrogen-bond acceptors (Lipinski definition) is 6. The largest absolute Gasteiger partial charge is 0.475 e. The molecule has 3 amide bonds. The van der Waals surface area contributed by atoms with Gasteiger partial charge in [-0.2, -0.15) is 0 Å². The Morgan fingerprint density at radius 1 is 1.03 bits per heavy atom. The van der Waals surface area contributed by atoms with Crippen LogP contribution in [-0.2, 0) is 14.3 Å². The number of esters is 1. The number of nitrogens with zero attached hydrogens (tertiary/aromatic N) is 2. The summed E-state index contributed by atoms with van der Waals surface area (Å²) in [6.07, 6.45) is -0.990. The molecule has 0 saturated heterocycles. The van der Waals surface area contributed by atoms with Crippen LogP contribution in [0, 0.1) is 0 Å². The summed E-state index contributed by atoms with van der Waals surface area (Å²) < 4.78 is 10.9. The molecule has 29 heavy (non-hydrogen) atoms. The highest BCUT2D eigenvalue weighted by molar-refractivity contribution is 6.21. The molecule has 0 radical (unpaired) electrons. The lowest BCUT2D eigenvalue weighted by Crippen LogP contribution is -2.47. The van der Waals surface area contributed by atoms with E-state index in [0.717, 1.165) is 4.90 Å². The molecule has 148 valence electrons. The van der Waals surface area contributed by atoms with Gasteiger partial charge in [-0.05, 0) is 24.3 Å². The molecule has 0 aromatic heterocycles. The van der Waals surface area contributed by atoms with Gasteiger partial charge in [0.1, 0.15) is 12.4 Å². The number of anilines is 1. The Labute approximate surface area is 166 Å². The molecule has 0 aliphatic carbocycles. The Morgan fingerprint density at radius 3 is 2.31 bits per heavy atom. The van der Waals surface area contributed by atoms with Crippen molar-refractivity contribution in [3.8, 4) is 5.75 Å². The number of fused-ring (bicyclic) bond motifs is 2. The summed E-state index contributed by atoms with van der Waals surface area (Å²) in [7, 11) is 0. The van der Waals surface area contributed by atoms with Crippen LogP contribution in [0.25, 0.3) is 0 Å². The lowest BCUT2D eigenvalue weighted by Gasteiger charge is -2.33. The molecule has 2 aromatic rings. The maximum absolute atomic E-state index is 12.5. The van der Waals surface area contributed by atoms with E-state index in [1.165, 1.54) is 11.8 Å². The second kappa shape index (κ2) is 7.38. The third kappa shape index (κ3) is 3.33. The lowest BCUT2D eigenvalue weighted by molar-refractivity contribution is -0.152. The summed E-state index contributed by atoms with van der Waals surface area (Å²) in [6.45, 7) is 1.22. The van der Waals surface area contributed by atoms with Gasteiger partial charge < -0.3 is 14.4 Å². The fourth-order valence-electron chi connectivity index (χ4n) is 3.43. The number of carbonyl (C=O) groups is 4. The van der Waals surface area contributed by atoms with Crippen molar-refractivity contribution in [1.82, 2.24) is 4.90 Å². The Kier molecular flexibility index (Phi) is 4.75. The zero-order valence-corrected chi connectivity index (χ0v) is 15.7. The zero-order valence-electron chi connectivity index (χ0n) is 15.7. The lowest BCUT2D eigenvalue weighted by atomic mass is 10.1. The van der Waals surface area contributed by atoms with Crippen molar-refractivity contribution < 1.29 is 28.7 Å². The number of amides is 3. The highest BCUT2D eigenvalue weighted by Crippen LogP contribution is 2.33. The minimum Gasteiger partial charge on any atom is -0.475 e. The van der Waals surface area contributed by atoms with E-state index in [2.05, 4.69) is 0 Å². The van der Waals surface area contributed by atoms with Gasteiger partial charge in [0, 0.05) is 6.92 Å². The van der Waals surface area contributed by atoms with Crippen LogP contribution in [0.15, 0.2) is 48.5 Å². The maximum Gasteiger partial charge on any atom is 0.349 e. The van der Waals surface area contributed by atoms with Crippen molar-refractivity contribution in [1.29, 1.82) is 0 Å². The summed E-state index contributed by atoms with van der Waals surface area (Å²) in [5.74, 6) is -1.29. The number of benzene rings is 2. The maximum atomic E-state index is 12.5. The fraction of sp³-hybridized carbons (Fsp3) is 0.238. The van der Waals surface area contributed by atoms with Gasteiger partial charge in [0.05, 0.1) is 29.9 Å². The van der Waals surface area contributed by atoms with Gasteiger partial charge in [0.15, 0.2) is 0 Å². The van der Waals surface area contributed by atoms with E-state index in [9.17, 15) is 19.2 Å². The Bertz CT molecular complexity index is 983. The predicted octanol–water partition coefficient (Wildman–Crippen LogP) is 1.64. The monoisotopic (exact) mass is 394 g/mol. The summed E-state index contributed by atoms with van der Waals surface area (Å²) in [5.41, 5.74) is 1.27. The average Bonchev–Trinajstić information content (AvgIpc) is 2.97. The van der Waals surface area contributed by atoms with Crippen LogP contribution in [0.2, 0.25) is 0 Å². The number of imide groups is 1. The van der Waals surface area contributed by atoms with Gasteiger partial charge >= 0.3 is 5.97 Å². The first-order valence-electron chi connectivity index (χ1n) is 9.13. The van der Waals surface area contributed by atoms with E-state index in [-0.39, 0.29) is 25.6 Å². The molecule has 0 saturated carbocycles. The number of hydrogen-bond donors (Lipinski definition) is 0. The van der Waals surface area contributed by atoms with E-state index < -0.39 is 23.9 Å². The second-order valence-corrected chi connectivity index (χ2v) is 6.68. The van der Waals surface area contributed by atoms with Crippen molar-refractivity contribution in [2.24, 2.45) is 0 Å². The first-order chi connectivity index (χ1) is 14.0. The molecule has 0 bridgehead atoms. The number of ether oxygens (including phenoxy) is 2. The Morgan fingerprint density at radius 2 is 1.66 bits per heavy atom. The zero-order chi connectivity index (χ0) is 20.5. The van der Waals surface area contributed by atoms with Gasteiger partial charge in [-0.3, -0.25) is 19.3 Å². The van der Waals surface area contributed by atoms with Crippen LogP contribution >= 0.6 is 0 Å². The molecule has 8 nitrogen and oxygen atoms in total. The van der Waals surface area contributed by atoms with Crippen molar-refractivity contribution >= 4 is 29.4 Å². The molecular weight excluding hydrogens is 376 g/mol. The number of rotatable bonds is 4. The van der Waals surface area contributed by atoms with Gasteiger partial charge in [-0.25, -0.2) is 4.79 Å². The molecule has 0 fully saturated rings. The topological polar surface area (TPSA) is 93.2 Å². The van der Waals surface area contributed by atoms with E-state index in [0.29, 0.717) is 22.6 Å². The van der Waals surface area contributed by atoms with Gasteiger partial charge in [0.2, 0.25) is 12.0 Å². The molecule has 8 heteroatoms. The molecule has 2 aromatic carbocycles. The van der Waals surface area contributed by atoms with Crippen LogP contribution in [0.3, 0.4) is 0 Å². The molecule has 2 aliphatic rings. The normalized spacial score (nSPS) is 17.5. The molecule has 0 spiro atoms. The highest BCUT2D eigenvalue weighted by atomic mass is 16.6. The average molecular weight is 394 g/mol.